The minimum atomic E-state index is -1.29. The normalized spacial score (nSPS) is 38.1. The summed E-state index contributed by atoms with van der Waals surface area (Å²) in [6.45, 7) is -0.865. The molecule has 1 heterocycles. The Morgan fingerprint density at radius 3 is 2.27 bits per heavy atom. The molecule has 3 atom stereocenters. The molecule has 5 heteroatoms. The summed E-state index contributed by atoms with van der Waals surface area (Å²) >= 11 is 0. The van der Waals surface area contributed by atoms with Gasteiger partial charge in [0.2, 0.25) is 0 Å². The van der Waals surface area contributed by atoms with E-state index in [4.69, 9.17) is 20.1 Å². The van der Waals surface area contributed by atoms with Crippen LogP contribution in [0.15, 0.2) is 0 Å². The zero-order chi connectivity index (χ0) is 8.43. The van der Waals surface area contributed by atoms with Crippen LogP contribution in [0.4, 0.5) is 0 Å². The summed E-state index contributed by atoms with van der Waals surface area (Å²) < 4.78 is 4.78. The third-order valence-electron chi connectivity index (χ3n) is 1.65. The van der Waals surface area contributed by atoms with E-state index < -0.39 is 37.3 Å². The topological polar surface area (TPSA) is 87.0 Å². The number of carbonyl (C=O) groups is 1. The molecule has 5 nitrogen and oxygen atoms in total. The number of ether oxygens (including phenoxy) is 1. The van der Waals surface area contributed by atoms with Crippen molar-refractivity contribution in [2.75, 3.05) is 13.2 Å². The van der Waals surface area contributed by atoms with E-state index in [1.807, 2.05) is 0 Å². The second kappa shape index (κ2) is 3.27. The van der Waals surface area contributed by atoms with Crippen molar-refractivity contribution in [1.29, 1.82) is 0 Å². The monoisotopic (exact) mass is 162 g/mol. The maximum absolute atomic E-state index is 10.9. The van der Waals surface area contributed by atoms with Gasteiger partial charge in [-0.25, -0.2) is 0 Å². The summed E-state index contributed by atoms with van der Waals surface area (Å²) in [4.78, 5) is 10.9. The summed E-state index contributed by atoms with van der Waals surface area (Å²) in [5.74, 6) is -0.563. The van der Waals surface area contributed by atoms with Crippen molar-refractivity contribution in [3.63, 3.8) is 0 Å². The van der Waals surface area contributed by atoms with Crippen molar-refractivity contribution >= 4 is 5.78 Å². The van der Waals surface area contributed by atoms with Crippen LogP contribution in [-0.2, 0) is 9.53 Å². The van der Waals surface area contributed by atoms with Crippen molar-refractivity contribution in [1.82, 2.24) is 0 Å². The fourth-order valence-corrected chi connectivity index (χ4v) is 1.00. The highest BCUT2D eigenvalue weighted by atomic mass is 16.5. The Bertz CT molecular complexity index is 153. The van der Waals surface area contributed by atoms with E-state index in [0.29, 0.717) is 0 Å². The van der Waals surface area contributed by atoms with Crippen LogP contribution in [0.25, 0.3) is 0 Å². The summed E-state index contributed by atoms with van der Waals surface area (Å²) in [6, 6.07) is 0. The van der Waals surface area contributed by atoms with Gasteiger partial charge in [-0.3, -0.25) is 4.79 Å². The molecule has 11 heavy (non-hydrogen) atoms. The first-order valence-corrected chi connectivity index (χ1v) is 3.29. The van der Waals surface area contributed by atoms with Crippen LogP contribution in [0.2, 0.25) is 0 Å². The summed E-state index contributed by atoms with van der Waals surface area (Å²) in [5.41, 5.74) is 0. The smallest absolute Gasteiger partial charge is 0.195 e. The summed E-state index contributed by atoms with van der Waals surface area (Å²) in [7, 11) is 0. The van der Waals surface area contributed by atoms with Crippen molar-refractivity contribution in [3.05, 3.63) is 0 Å². The van der Waals surface area contributed by atoms with Gasteiger partial charge in [-0.05, 0) is 0 Å². The van der Waals surface area contributed by atoms with Crippen LogP contribution in [0.5, 0.6) is 0 Å². The molecule has 0 bridgehead atoms. The number of aliphatic hydroxyl groups excluding tert-OH is 3. The van der Waals surface area contributed by atoms with Crippen molar-refractivity contribution in [2.24, 2.45) is 0 Å². The minimum Gasteiger partial charge on any atom is -0.394 e. The molecule has 0 aliphatic carbocycles. The molecule has 0 radical (unpaired) electrons. The van der Waals surface area contributed by atoms with Gasteiger partial charge in [-0.2, -0.15) is 0 Å². The highest BCUT2D eigenvalue weighted by Crippen LogP contribution is 2.15. The molecular weight excluding hydrogens is 152 g/mol. The predicted molar refractivity (Wildman–Crippen MR) is 33.8 cm³/mol. The van der Waals surface area contributed by atoms with E-state index in [0.717, 1.165) is 0 Å². The van der Waals surface area contributed by atoms with Gasteiger partial charge in [0.1, 0.15) is 18.3 Å². The average molecular weight is 162 g/mol. The molecule has 0 saturated carbocycles. The summed E-state index contributed by atoms with van der Waals surface area (Å²) in [6.07, 6.45) is -3.14. The van der Waals surface area contributed by atoms with Crippen LogP contribution < -0.4 is 0 Å². The van der Waals surface area contributed by atoms with Crippen LogP contribution in [0.1, 0.15) is 0 Å². The van der Waals surface area contributed by atoms with Crippen molar-refractivity contribution in [3.8, 4) is 0 Å². The molecule has 0 aromatic rings. The van der Waals surface area contributed by atoms with Gasteiger partial charge in [0.25, 0.3) is 0 Å². The SMILES string of the molecule is O=C1C(CO)OC(CO)C1O. The lowest BCUT2D eigenvalue weighted by Gasteiger charge is -2.07. The zero-order valence-corrected chi connectivity index (χ0v) is 5.80. The quantitative estimate of drug-likeness (QED) is 0.424. The third kappa shape index (κ3) is 1.41. The van der Waals surface area contributed by atoms with Crippen LogP contribution in [0.3, 0.4) is 0 Å². The highest BCUT2D eigenvalue weighted by Gasteiger charge is 2.41. The Labute approximate surface area is 63.2 Å². The average Bonchev–Trinajstić information content (AvgIpc) is 2.30. The van der Waals surface area contributed by atoms with E-state index in [-0.39, 0.29) is 0 Å². The Balaban J connectivity index is 2.61. The maximum Gasteiger partial charge on any atom is 0.195 e. The molecule has 0 amide bonds. The predicted octanol–water partition coefficient (Wildman–Crippen LogP) is -2.33. The van der Waals surface area contributed by atoms with Gasteiger partial charge in [0.05, 0.1) is 13.2 Å². The van der Waals surface area contributed by atoms with Crippen LogP contribution >= 0.6 is 0 Å². The van der Waals surface area contributed by atoms with Gasteiger partial charge < -0.3 is 20.1 Å². The number of carbonyl (C=O) groups excluding carboxylic acids is 1. The van der Waals surface area contributed by atoms with Gasteiger partial charge in [0, 0.05) is 0 Å². The molecule has 0 spiro atoms. The van der Waals surface area contributed by atoms with Crippen LogP contribution in [-0.4, -0.2) is 52.6 Å². The number of hydrogen-bond donors (Lipinski definition) is 3. The zero-order valence-electron chi connectivity index (χ0n) is 5.80. The van der Waals surface area contributed by atoms with Gasteiger partial charge in [-0.1, -0.05) is 0 Å². The maximum atomic E-state index is 10.9. The standard InChI is InChI=1S/C6H10O5/c7-1-3-5(9)6(10)4(2-8)11-3/h3-5,7-9H,1-2H2. The molecule has 1 saturated heterocycles. The van der Waals surface area contributed by atoms with Crippen LogP contribution in [0, 0.1) is 0 Å². The Hall–Kier alpha value is -0.490. The van der Waals surface area contributed by atoms with Gasteiger partial charge in [0.15, 0.2) is 5.78 Å². The van der Waals surface area contributed by atoms with E-state index in [1.54, 1.807) is 0 Å². The lowest BCUT2D eigenvalue weighted by molar-refractivity contribution is -0.128. The fourth-order valence-electron chi connectivity index (χ4n) is 1.00. The first kappa shape index (κ1) is 8.61. The highest BCUT2D eigenvalue weighted by molar-refractivity contribution is 5.89. The first-order valence-electron chi connectivity index (χ1n) is 3.29. The second-order valence-corrected chi connectivity index (χ2v) is 2.38. The first-order chi connectivity index (χ1) is 5.20. The van der Waals surface area contributed by atoms with E-state index >= 15 is 0 Å². The van der Waals surface area contributed by atoms with E-state index in [9.17, 15) is 4.79 Å². The number of hydrogen-bond acceptors (Lipinski definition) is 5. The molecule has 1 fully saturated rings. The lowest BCUT2D eigenvalue weighted by Crippen LogP contribution is -2.30. The molecule has 1 aliphatic rings. The fraction of sp³-hybridized carbons (Fsp3) is 0.833. The number of aliphatic hydroxyl groups is 3. The Kier molecular flexibility index (Phi) is 2.56. The van der Waals surface area contributed by atoms with E-state index in [1.165, 1.54) is 0 Å². The van der Waals surface area contributed by atoms with Crippen molar-refractivity contribution in [2.45, 2.75) is 18.3 Å². The number of rotatable bonds is 2. The lowest BCUT2D eigenvalue weighted by atomic mass is 10.1. The van der Waals surface area contributed by atoms with Gasteiger partial charge >= 0.3 is 0 Å². The second-order valence-electron chi connectivity index (χ2n) is 2.38. The number of ketones is 1. The van der Waals surface area contributed by atoms with Gasteiger partial charge in [-0.15, -0.1) is 0 Å². The molecule has 3 N–H and O–H groups in total. The largest absolute Gasteiger partial charge is 0.394 e. The number of Topliss-reactive ketones (excluding diaryl/α,β-unsaturated/α-hetero) is 1. The molecular formula is C6H10O5. The molecule has 0 aromatic carbocycles. The van der Waals surface area contributed by atoms with E-state index in [2.05, 4.69) is 0 Å². The molecule has 1 rings (SSSR count). The third-order valence-corrected chi connectivity index (χ3v) is 1.65. The molecule has 0 aromatic heterocycles. The van der Waals surface area contributed by atoms with Crippen molar-refractivity contribution < 1.29 is 24.9 Å². The Morgan fingerprint density at radius 1 is 1.36 bits per heavy atom. The molecule has 3 unspecified atom stereocenters. The summed E-state index contributed by atoms with van der Waals surface area (Å²) in [5, 5.41) is 26.1. The minimum absolute atomic E-state index is 0.413. The molecule has 1 aliphatic heterocycles. The Morgan fingerprint density at radius 2 is 2.00 bits per heavy atom. The molecule has 64 valence electrons.